The van der Waals surface area contributed by atoms with Crippen LogP contribution < -0.4 is 10.5 Å². The first-order valence-electron chi connectivity index (χ1n) is 5.97. The number of fused-ring (bicyclic) bond motifs is 1. The van der Waals surface area contributed by atoms with E-state index in [1.807, 2.05) is 35.0 Å². The monoisotopic (exact) mass is 254 g/mol. The second-order valence-corrected chi connectivity index (χ2v) is 4.30. The third kappa shape index (κ3) is 2.22. The van der Waals surface area contributed by atoms with E-state index in [1.165, 1.54) is 0 Å². The lowest BCUT2D eigenvalue weighted by Crippen LogP contribution is -2.03. The van der Waals surface area contributed by atoms with Gasteiger partial charge in [-0.3, -0.25) is 0 Å². The molecule has 5 nitrogen and oxygen atoms in total. The Kier molecular flexibility index (Phi) is 2.79. The van der Waals surface area contributed by atoms with Crippen molar-refractivity contribution in [1.29, 1.82) is 0 Å². The molecule has 5 heteroatoms. The number of methoxy groups -OCH3 is 1. The van der Waals surface area contributed by atoms with Crippen LogP contribution in [0, 0.1) is 0 Å². The largest absolute Gasteiger partial charge is 0.497 e. The molecule has 0 spiro atoms. The van der Waals surface area contributed by atoms with Crippen LogP contribution in [0.4, 0.5) is 5.82 Å². The third-order valence-electron chi connectivity index (χ3n) is 3.00. The van der Waals surface area contributed by atoms with Crippen molar-refractivity contribution < 1.29 is 4.74 Å². The van der Waals surface area contributed by atoms with Crippen LogP contribution in [0.15, 0.2) is 42.6 Å². The molecule has 2 N–H and O–H groups in total. The number of nitrogens with zero attached hydrogens (tertiary/aromatic N) is 3. The average molecular weight is 254 g/mol. The van der Waals surface area contributed by atoms with Gasteiger partial charge >= 0.3 is 0 Å². The van der Waals surface area contributed by atoms with E-state index < -0.39 is 0 Å². The summed E-state index contributed by atoms with van der Waals surface area (Å²) in [6.45, 7) is 0.657. The number of aromatic nitrogens is 3. The average Bonchev–Trinajstić information content (AvgIpc) is 2.82. The molecule has 0 saturated heterocycles. The van der Waals surface area contributed by atoms with Crippen molar-refractivity contribution in [2.75, 3.05) is 12.8 Å². The first kappa shape index (κ1) is 11.5. The third-order valence-corrected chi connectivity index (χ3v) is 3.00. The van der Waals surface area contributed by atoms with Crippen LogP contribution in [0.5, 0.6) is 5.75 Å². The van der Waals surface area contributed by atoms with Crippen molar-refractivity contribution in [3.8, 4) is 5.75 Å². The first-order valence-corrected chi connectivity index (χ1v) is 5.97. The Balaban J connectivity index is 1.93. The van der Waals surface area contributed by atoms with Crippen molar-refractivity contribution in [1.82, 2.24) is 14.8 Å². The van der Waals surface area contributed by atoms with Gasteiger partial charge in [-0.05, 0) is 29.8 Å². The maximum atomic E-state index is 5.71. The Hall–Kier alpha value is -2.56. The highest BCUT2D eigenvalue weighted by molar-refractivity contribution is 5.76. The highest BCUT2D eigenvalue weighted by Gasteiger charge is 2.05. The van der Waals surface area contributed by atoms with E-state index in [4.69, 9.17) is 10.5 Å². The van der Waals surface area contributed by atoms with E-state index in [9.17, 15) is 0 Å². The molecule has 0 aliphatic rings. The fourth-order valence-electron chi connectivity index (χ4n) is 1.99. The molecule has 2 heterocycles. The molecule has 96 valence electrons. The second-order valence-electron chi connectivity index (χ2n) is 4.30. The van der Waals surface area contributed by atoms with Crippen LogP contribution >= 0.6 is 0 Å². The molecule has 2 aromatic heterocycles. The first-order chi connectivity index (χ1) is 9.26. The zero-order chi connectivity index (χ0) is 13.2. The summed E-state index contributed by atoms with van der Waals surface area (Å²) in [5.41, 5.74) is 7.65. The van der Waals surface area contributed by atoms with Crippen LogP contribution in [0.3, 0.4) is 0 Å². The van der Waals surface area contributed by atoms with E-state index in [0.29, 0.717) is 12.4 Å². The Morgan fingerprint density at radius 1 is 1.16 bits per heavy atom. The summed E-state index contributed by atoms with van der Waals surface area (Å²) in [6.07, 6.45) is 1.80. The smallest absolute Gasteiger partial charge is 0.160 e. The second kappa shape index (κ2) is 4.61. The Bertz CT molecular complexity index is 703. The van der Waals surface area contributed by atoms with Crippen LogP contribution in [0.1, 0.15) is 5.56 Å². The molecule has 3 rings (SSSR count). The number of hydrogen-bond acceptors (Lipinski definition) is 4. The SMILES string of the molecule is COc1ccc(Cn2ncc3ccc(N)nc32)cc1. The molecular weight excluding hydrogens is 240 g/mol. The maximum absolute atomic E-state index is 5.71. The molecule has 0 aliphatic carbocycles. The van der Waals surface area contributed by atoms with E-state index in [2.05, 4.69) is 10.1 Å². The minimum atomic E-state index is 0.504. The summed E-state index contributed by atoms with van der Waals surface area (Å²) in [6, 6.07) is 11.6. The van der Waals surface area contributed by atoms with E-state index in [1.54, 1.807) is 19.4 Å². The maximum Gasteiger partial charge on any atom is 0.160 e. The number of rotatable bonds is 3. The van der Waals surface area contributed by atoms with E-state index in [-0.39, 0.29) is 0 Å². The fraction of sp³-hybridized carbons (Fsp3) is 0.143. The molecule has 19 heavy (non-hydrogen) atoms. The zero-order valence-electron chi connectivity index (χ0n) is 10.6. The molecular formula is C14H14N4O. The van der Waals surface area contributed by atoms with Crippen molar-refractivity contribution in [3.63, 3.8) is 0 Å². The van der Waals surface area contributed by atoms with Gasteiger partial charge in [0, 0.05) is 5.39 Å². The number of hydrogen-bond donors (Lipinski definition) is 1. The minimum Gasteiger partial charge on any atom is -0.497 e. The molecule has 0 bridgehead atoms. The predicted molar refractivity (Wildman–Crippen MR) is 74.0 cm³/mol. The van der Waals surface area contributed by atoms with Crippen molar-refractivity contribution in [2.24, 2.45) is 0 Å². The molecule has 0 atom stereocenters. The van der Waals surface area contributed by atoms with E-state index >= 15 is 0 Å². The Morgan fingerprint density at radius 2 is 1.95 bits per heavy atom. The van der Waals surface area contributed by atoms with Gasteiger partial charge < -0.3 is 10.5 Å². The highest BCUT2D eigenvalue weighted by atomic mass is 16.5. The summed E-state index contributed by atoms with van der Waals surface area (Å²) in [5, 5.41) is 5.33. The molecule has 3 aromatic rings. The van der Waals surface area contributed by atoms with Gasteiger partial charge in [-0.25, -0.2) is 9.67 Å². The quantitative estimate of drug-likeness (QED) is 0.777. The van der Waals surface area contributed by atoms with Gasteiger partial charge in [0.1, 0.15) is 11.6 Å². The number of nitrogen functional groups attached to an aromatic ring is 1. The Labute approximate surface area is 110 Å². The molecule has 0 amide bonds. The number of ether oxygens (including phenoxy) is 1. The summed E-state index contributed by atoms with van der Waals surface area (Å²) < 4.78 is 6.98. The summed E-state index contributed by atoms with van der Waals surface area (Å²) in [5.74, 6) is 1.35. The van der Waals surface area contributed by atoms with Gasteiger partial charge in [0.25, 0.3) is 0 Å². The number of pyridine rings is 1. The lowest BCUT2D eigenvalue weighted by Gasteiger charge is -2.05. The molecule has 0 unspecified atom stereocenters. The molecule has 0 fully saturated rings. The van der Waals surface area contributed by atoms with Crippen LogP contribution in [0.2, 0.25) is 0 Å². The van der Waals surface area contributed by atoms with Crippen LogP contribution in [0.25, 0.3) is 11.0 Å². The van der Waals surface area contributed by atoms with Crippen LogP contribution in [-0.2, 0) is 6.54 Å². The lowest BCUT2D eigenvalue weighted by atomic mass is 10.2. The predicted octanol–water partition coefficient (Wildman–Crippen LogP) is 2.07. The van der Waals surface area contributed by atoms with Gasteiger partial charge in [-0.15, -0.1) is 0 Å². The van der Waals surface area contributed by atoms with Gasteiger partial charge in [-0.2, -0.15) is 5.10 Å². The molecule has 0 aliphatic heterocycles. The zero-order valence-corrected chi connectivity index (χ0v) is 10.6. The Morgan fingerprint density at radius 3 is 2.68 bits per heavy atom. The molecule has 0 saturated carbocycles. The lowest BCUT2D eigenvalue weighted by molar-refractivity contribution is 0.414. The van der Waals surface area contributed by atoms with Crippen molar-refractivity contribution in [3.05, 3.63) is 48.2 Å². The van der Waals surface area contributed by atoms with E-state index in [0.717, 1.165) is 22.3 Å². The summed E-state index contributed by atoms with van der Waals surface area (Å²) >= 11 is 0. The minimum absolute atomic E-state index is 0.504. The molecule has 1 aromatic carbocycles. The number of nitrogens with two attached hydrogens (primary N) is 1. The summed E-state index contributed by atoms with van der Waals surface area (Å²) in [7, 11) is 1.66. The fourth-order valence-corrected chi connectivity index (χ4v) is 1.99. The number of anilines is 1. The topological polar surface area (TPSA) is 66.0 Å². The molecule has 0 radical (unpaired) electrons. The van der Waals surface area contributed by atoms with Gasteiger partial charge in [-0.1, -0.05) is 12.1 Å². The van der Waals surface area contributed by atoms with Crippen molar-refractivity contribution in [2.45, 2.75) is 6.54 Å². The van der Waals surface area contributed by atoms with Gasteiger partial charge in [0.15, 0.2) is 5.65 Å². The summed E-state index contributed by atoms with van der Waals surface area (Å²) in [4.78, 5) is 4.32. The normalized spacial score (nSPS) is 10.8. The van der Waals surface area contributed by atoms with Gasteiger partial charge in [0.2, 0.25) is 0 Å². The number of benzene rings is 1. The standard InChI is InChI=1S/C14H14N4O/c1-19-12-5-2-10(3-6-12)9-18-14-11(8-16-18)4-7-13(15)17-14/h2-8H,9H2,1H3,(H2,15,17). The van der Waals surface area contributed by atoms with Crippen LogP contribution in [-0.4, -0.2) is 21.9 Å². The van der Waals surface area contributed by atoms with Gasteiger partial charge in [0.05, 0.1) is 19.9 Å². The van der Waals surface area contributed by atoms with Crippen molar-refractivity contribution >= 4 is 16.9 Å². The highest BCUT2D eigenvalue weighted by Crippen LogP contribution is 2.16.